The van der Waals surface area contributed by atoms with E-state index in [2.05, 4.69) is 29.2 Å². The highest BCUT2D eigenvalue weighted by molar-refractivity contribution is 5.73. The molecular weight excluding hydrogens is 238 g/mol. The van der Waals surface area contributed by atoms with Crippen LogP contribution in [0, 0.1) is 0 Å². The largest absolute Gasteiger partial charge is 0.480 e. The summed E-state index contributed by atoms with van der Waals surface area (Å²) >= 11 is 0. The number of aryl methyl sites for hydroxylation is 1. The molecule has 1 saturated heterocycles. The maximum absolute atomic E-state index is 11.2. The third kappa shape index (κ3) is 4.35. The second-order valence-corrected chi connectivity index (χ2v) is 5.33. The second-order valence-electron chi connectivity index (χ2n) is 5.33. The Morgan fingerprint density at radius 2 is 2.00 bits per heavy atom. The Labute approximate surface area is 115 Å². The Kier molecular flexibility index (Phi) is 5.40. The van der Waals surface area contributed by atoms with Crippen LogP contribution in [0.3, 0.4) is 0 Å². The lowest BCUT2D eigenvalue weighted by Gasteiger charge is -2.32. The smallest absolute Gasteiger partial charge is 0.320 e. The third-order valence-corrected chi connectivity index (χ3v) is 3.90. The van der Waals surface area contributed by atoms with Gasteiger partial charge in [0, 0.05) is 0 Å². The van der Waals surface area contributed by atoms with Crippen molar-refractivity contribution < 1.29 is 9.90 Å². The Hall–Kier alpha value is -1.35. The number of aliphatic carboxylic acids is 1. The van der Waals surface area contributed by atoms with E-state index >= 15 is 0 Å². The summed E-state index contributed by atoms with van der Waals surface area (Å²) in [5.74, 6) is -0.650. The fourth-order valence-electron chi connectivity index (χ4n) is 2.83. The summed E-state index contributed by atoms with van der Waals surface area (Å²) in [7, 11) is 0. The Balaban J connectivity index is 1.71. The quantitative estimate of drug-likeness (QED) is 0.800. The molecule has 1 aliphatic rings. The van der Waals surface area contributed by atoms with Crippen LogP contribution in [0.4, 0.5) is 0 Å². The molecule has 0 saturated carbocycles. The molecule has 1 heterocycles. The maximum atomic E-state index is 11.2. The van der Waals surface area contributed by atoms with Gasteiger partial charge in [-0.25, -0.2) is 0 Å². The molecule has 19 heavy (non-hydrogen) atoms. The molecular formula is C16H23NO2. The summed E-state index contributed by atoms with van der Waals surface area (Å²) < 4.78 is 0. The fourth-order valence-corrected chi connectivity index (χ4v) is 2.83. The van der Waals surface area contributed by atoms with E-state index < -0.39 is 5.97 Å². The van der Waals surface area contributed by atoms with Gasteiger partial charge in [0.2, 0.25) is 0 Å². The van der Waals surface area contributed by atoms with Crippen LogP contribution in [0.15, 0.2) is 30.3 Å². The average Bonchev–Trinajstić information content (AvgIpc) is 2.45. The molecule has 104 valence electrons. The van der Waals surface area contributed by atoms with Crippen molar-refractivity contribution in [3.8, 4) is 0 Å². The molecule has 1 aliphatic heterocycles. The summed E-state index contributed by atoms with van der Waals surface area (Å²) in [6, 6.07) is 10.2. The lowest BCUT2D eigenvalue weighted by Crippen LogP contribution is -2.44. The normalized spacial score (nSPS) is 20.3. The summed E-state index contributed by atoms with van der Waals surface area (Å²) in [5.41, 5.74) is 1.37. The summed E-state index contributed by atoms with van der Waals surface area (Å²) in [6.45, 7) is 1.87. The number of carboxylic acids is 1. The number of hydrogen-bond donors (Lipinski definition) is 1. The molecule has 3 nitrogen and oxygen atoms in total. The number of hydrogen-bond acceptors (Lipinski definition) is 2. The first-order chi connectivity index (χ1) is 9.27. The molecule has 1 aromatic carbocycles. The van der Waals surface area contributed by atoms with Gasteiger partial charge in [0.25, 0.3) is 0 Å². The van der Waals surface area contributed by atoms with Crippen molar-refractivity contribution in [2.45, 2.75) is 44.6 Å². The molecule has 1 N–H and O–H groups in total. The van der Waals surface area contributed by atoms with Gasteiger partial charge in [0.05, 0.1) is 0 Å². The molecule has 1 atom stereocenters. The first-order valence-electron chi connectivity index (χ1n) is 7.28. The predicted molar refractivity (Wildman–Crippen MR) is 76.2 cm³/mol. The van der Waals surface area contributed by atoms with Crippen LogP contribution in [-0.4, -0.2) is 35.1 Å². The topological polar surface area (TPSA) is 40.5 Å². The highest BCUT2D eigenvalue weighted by atomic mass is 16.4. The fraction of sp³-hybridized carbons (Fsp3) is 0.562. The number of piperidine rings is 1. The molecule has 0 aromatic heterocycles. The van der Waals surface area contributed by atoms with Gasteiger partial charge in [-0.15, -0.1) is 0 Å². The van der Waals surface area contributed by atoms with Crippen molar-refractivity contribution in [1.82, 2.24) is 4.90 Å². The predicted octanol–water partition coefficient (Wildman–Crippen LogP) is 2.95. The van der Waals surface area contributed by atoms with Crippen LogP contribution in [0.1, 0.15) is 37.7 Å². The van der Waals surface area contributed by atoms with E-state index in [9.17, 15) is 9.90 Å². The number of carboxylic acid groups (broad SMARTS) is 1. The van der Waals surface area contributed by atoms with E-state index in [1.807, 2.05) is 6.07 Å². The van der Waals surface area contributed by atoms with Crippen molar-refractivity contribution in [2.75, 3.05) is 13.1 Å². The van der Waals surface area contributed by atoms with Crippen molar-refractivity contribution in [3.63, 3.8) is 0 Å². The molecule has 0 amide bonds. The molecule has 0 aliphatic carbocycles. The summed E-state index contributed by atoms with van der Waals surface area (Å²) in [5, 5.41) is 9.20. The van der Waals surface area contributed by atoms with E-state index in [1.54, 1.807) is 0 Å². The zero-order valence-electron chi connectivity index (χ0n) is 11.4. The van der Waals surface area contributed by atoms with Gasteiger partial charge in [0.15, 0.2) is 0 Å². The van der Waals surface area contributed by atoms with Crippen molar-refractivity contribution in [2.24, 2.45) is 0 Å². The van der Waals surface area contributed by atoms with Crippen LogP contribution in [-0.2, 0) is 11.2 Å². The van der Waals surface area contributed by atoms with Gasteiger partial charge in [-0.05, 0) is 50.8 Å². The lowest BCUT2D eigenvalue weighted by atomic mass is 10.0. The van der Waals surface area contributed by atoms with Gasteiger partial charge in [-0.2, -0.15) is 0 Å². The molecule has 0 bridgehead atoms. The molecule has 0 spiro atoms. The number of benzene rings is 1. The van der Waals surface area contributed by atoms with Gasteiger partial charge in [-0.3, -0.25) is 9.69 Å². The zero-order chi connectivity index (χ0) is 13.5. The summed E-state index contributed by atoms with van der Waals surface area (Å²) in [4.78, 5) is 13.3. The first kappa shape index (κ1) is 14.1. The van der Waals surface area contributed by atoms with Crippen LogP contribution in [0.5, 0.6) is 0 Å². The second kappa shape index (κ2) is 7.29. The van der Waals surface area contributed by atoms with Gasteiger partial charge in [-0.1, -0.05) is 36.8 Å². The number of rotatable bonds is 6. The Morgan fingerprint density at radius 1 is 1.21 bits per heavy atom. The summed E-state index contributed by atoms with van der Waals surface area (Å²) in [6.07, 6.45) is 6.31. The highest BCUT2D eigenvalue weighted by Crippen LogP contribution is 2.18. The monoisotopic (exact) mass is 261 g/mol. The first-order valence-corrected chi connectivity index (χ1v) is 7.28. The van der Waals surface area contributed by atoms with Gasteiger partial charge in [0.1, 0.15) is 6.04 Å². The van der Waals surface area contributed by atoms with E-state index in [0.717, 1.165) is 51.6 Å². The minimum absolute atomic E-state index is 0.245. The van der Waals surface area contributed by atoms with Gasteiger partial charge >= 0.3 is 5.97 Å². The Bertz CT molecular complexity index is 391. The van der Waals surface area contributed by atoms with E-state index in [1.165, 1.54) is 5.56 Å². The molecule has 1 fully saturated rings. The number of carbonyl (C=O) groups is 1. The zero-order valence-corrected chi connectivity index (χ0v) is 11.4. The lowest BCUT2D eigenvalue weighted by molar-refractivity contribution is -0.144. The number of nitrogens with zero attached hydrogens (tertiary/aromatic N) is 1. The SMILES string of the molecule is O=C(O)C1CCCCN1CCCCc1ccccc1. The van der Waals surface area contributed by atoms with Crippen molar-refractivity contribution in [1.29, 1.82) is 0 Å². The minimum atomic E-state index is -0.650. The van der Waals surface area contributed by atoms with Crippen LogP contribution >= 0.6 is 0 Å². The van der Waals surface area contributed by atoms with Crippen molar-refractivity contribution >= 4 is 5.97 Å². The molecule has 1 aromatic rings. The number of likely N-dealkylation sites (tertiary alicyclic amines) is 1. The molecule has 2 rings (SSSR count). The number of unbranched alkanes of at least 4 members (excludes halogenated alkanes) is 1. The molecule has 0 radical (unpaired) electrons. The van der Waals surface area contributed by atoms with Crippen LogP contribution in [0.25, 0.3) is 0 Å². The molecule has 3 heteroatoms. The van der Waals surface area contributed by atoms with E-state index in [4.69, 9.17) is 0 Å². The van der Waals surface area contributed by atoms with Crippen LogP contribution < -0.4 is 0 Å². The standard InChI is InChI=1S/C16H23NO2/c18-16(19)15-11-5-7-13-17(15)12-6-4-10-14-8-2-1-3-9-14/h1-3,8-9,15H,4-7,10-13H2,(H,18,19). The van der Waals surface area contributed by atoms with Gasteiger partial charge < -0.3 is 5.11 Å². The Morgan fingerprint density at radius 3 is 2.74 bits per heavy atom. The third-order valence-electron chi connectivity index (χ3n) is 3.90. The van der Waals surface area contributed by atoms with E-state index in [-0.39, 0.29) is 6.04 Å². The minimum Gasteiger partial charge on any atom is -0.480 e. The van der Waals surface area contributed by atoms with E-state index in [0.29, 0.717) is 0 Å². The molecule has 1 unspecified atom stereocenters. The maximum Gasteiger partial charge on any atom is 0.320 e. The average molecular weight is 261 g/mol. The van der Waals surface area contributed by atoms with Crippen LogP contribution in [0.2, 0.25) is 0 Å². The van der Waals surface area contributed by atoms with Crippen molar-refractivity contribution in [3.05, 3.63) is 35.9 Å². The highest BCUT2D eigenvalue weighted by Gasteiger charge is 2.27.